The molecule has 2 N–H and O–H groups in total. The number of amides is 1. The van der Waals surface area contributed by atoms with Gasteiger partial charge in [-0.05, 0) is 12.8 Å². The Kier molecular flexibility index (Phi) is 7.99. The van der Waals surface area contributed by atoms with Crippen molar-refractivity contribution in [1.29, 1.82) is 0 Å². The highest BCUT2D eigenvalue weighted by Crippen LogP contribution is 2.06. The van der Waals surface area contributed by atoms with E-state index in [1.54, 1.807) is 0 Å². The first-order chi connectivity index (χ1) is 7.07. The van der Waals surface area contributed by atoms with E-state index in [-0.39, 0.29) is 11.3 Å². The van der Waals surface area contributed by atoms with Crippen LogP contribution in [0.5, 0.6) is 0 Å². The van der Waals surface area contributed by atoms with Gasteiger partial charge in [-0.25, -0.2) is 0 Å². The zero-order chi connectivity index (χ0) is 11.7. The molecule has 0 radical (unpaired) electrons. The van der Waals surface area contributed by atoms with Crippen molar-refractivity contribution in [3.8, 4) is 0 Å². The van der Waals surface area contributed by atoms with Gasteiger partial charge in [0.05, 0.1) is 11.3 Å². The average Bonchev–Trinajstić information content (AvgIpc) is 2.15. The third kappa shape index (κ3) is 8.17. The number of unbranched alkanes of at least 4 members (excludes halogenated alkanes) is 4. The Hall–Kier alpha value is -0.840. The van der Waals surface area contributed by atoms with Crippen molar-refractivity contribution < 1.29 is 13.2 Å². The SMILES string of the molecule is CCCCCCCC(CC(N)=O)=S(=O)=O. The topological polar surface area (TPSA) is 77.2 Å². The van der Waals surface area contributed by atoms with Crippen LogP contribution in [0.1, 0.15) is 51.9 Å². The largest absolute Gasteiger partial charge is 0.369 e. The van der Waals surface area contributed by atoms with Gasteiger partial charge in [-0.1, -0.05) is 32.6 Å². The van der Waals surface area contributed by atoms with Crippen molar-refractivity contribution in [2.24, 2.45) is 5.73 Å². The molecule has 0 aromatic heterocycles. The molecule has 0 rings (SSSR count). The molecule has 0 aromatic carbocycles. The van der Waals surface area contributed by atoms with E-state index in [1.165, 1.54) is 6.42 Å². The molecule has 0 aliphatic heterocycles. The molecule has 0 aliphatic carbocycles. The fourth-order valence-corrected chi connectivity index (χ4v) is 1.92. The lowest BCUT2D eigenvalue weighted by Gasteiger charge is -2.00. The first kappa shape index (κ1) is 14.2. The third-order valence-electron chi connectivity index (χ3n) is 2.17. The van der Waals surface area contributed by atoms with E-state index in [2.05, 4.69) is 6.92 Å². The highest BCUT2D eigenvalue weighted by Gasteiger charge is 2.05. The standard InChI is InChI=1S/C10H19NO3S/c1-2-3-4-5-6-7-9(15(13)14)8-10(11)12/h2-8H2,1H3,(H2,11,12). The molecule has 0 atom stereocenters. The van der Waals surface area contributed by atoms with Crippen LogP contribution in [0, 0.1) is 0 Å². The zero-order valence-electron chi connectivity index (χ0n) is 9.16. The van der Waals surface area contributed by atoms with E-state index in [9.17, 15) is 13.2 Å². The minimum absolute atomic E-state index is 0.135. The Morgan fingerprint density at radius 3 is 2.20 bits per heavy atom. The van der Waals surface area contributed by atoms with Crippen molar-refractivity contribution >= 4 is 21.1 Å². The second kappa shape index (κ2) is 8.47. The van der Waals surface area contributed by atoms with Crippen molar-refractivity contribution in [3.05, 3.63) is 0 Å². The van der Waals surface area contributed by atoms with Crippen LogP contribution in [0.3, 0.4) is 0 Å². The van der Waals surface area contributed by atoms with Gasteiger partial charge in [-0.3, -0.25) is 4.79 Å². The molecule has 0 spiro atoms. The fourth-order valence-electron chi connectivity index (χ4n) is 1.35. The number of hydrogen-bond donors (Lipinski definition) is 1. The summed E-state index contributed by atoms with van der Waals surface area (Å²) in [5, 5.41) is 0. The summed E-state index contributed by atoms with van der Waals surface area (Å²) in [6.07, 6.45) is 5.60. The maximum Gasteiger partial charge on any atom is 0.222 e. The zero-order valence-corrected chi connectivity index (χ0v) is 9.98. The first-order valence-electron chi connectivity index (χ1n) is 5.30. The van der Waals surface area contributed by atoms with E-state index in [0.29, 0.717) is 6.42 Å². The Labute approximate surface area is 92.4 Å². The van der Waals surface area contributed by atoms with Gasteiger partial charge < -0.3 is 5.73 Å². The van der Waals surface area contributed by atoms with Gasteiger partial charge >= 0.3 is 0 Å². The molecular formula is C10H19NO3S. The molecule has 0 saturated heterocycles. The van der Waals surface area contributed by atoms with Gasteiger partial charge in [0.2, 0.25) is 16.2 Å². The van der Waals surface area contributed by atoms with Crippen molar-refractivity contribution in [1.82, 2.24) is 0 Å². The Bertz CT molecular complexity index is 312. The van der Waals surface area contributed by atoms with Gasteiger partial charge in [-0.2, -0.15) is 8.42 Å². The molecule has 5 heteroatoms. The molecule has 0 saturated carbocycles. The number of carbonyl (C=O) groups excluding carboxylic acids is 1. The number of primary amides is 1. The number of carbonyl (C=O) groups is 1. The van der Waals surface area contributed by atoms with E-state index in [0.717, 1.165) is 25.7 Å². The van der Waals surface area contributed by atoms with E-state index >= 15 is 0 Å². The summed E-state index contributed by atoms with van der Waals surface area (Å²) in [6.45, 7) is 2.12. The van der Waals surface area contributed by atoms with Crippen LogP contribution in [0.4, 0.5) is 0 Å². The molecule has 0 aliphatic rings. The van der Waals surface area contributed by atoms with Crippen molar-refractivity contribution in [2.75, 3.05) is 0 Å². The highest BCUT2D eigenvalue weighted by atomic mass is 32.2. The van der Waals surface area contributed by atoms with E-state index in [4.69, 9.17) is 5.73 Å². The summed E-state index contributed by atoms with van der Waals surface area (Å²) < 4.78 is 21.4. The number of hydrogen-bond acceptors (Lipinski definition) is 3. The lowest BCUT2D eigenvalue weighted by atomic mass is 10.1. The van der Waals surface area contributed by atoms with Crippen LogP contribution in [0.25, 0.3) is 0 Å². The molecule has 0 fully saturated rings. The summed E-state index contributed by atoms with van der Waals surface area (Å²) in [5.41, 5.74) is 4.95. The quantitative estimate of drug-likeness (QED) is 0.506. The molecule has 0 unspecified atom stereocenters. The minimum atomic E-state index is -2.27. The predicted octanol–water partition coefficient (Wildman–Crippen LogP) is 1.27. The third-order valence-corrected chi connectivity index (χ3v) is 2.99. The average molecular weight is 233 g/mol. The van der Waals surface area contributed by atoms with Crippen LogP contribution in [0.2, 0.25) is 0 Å². The molecular weight excluding hydrogens is 214 g/mol. The van der Waals surface area contributed by atoms with Crippen molar-refractivity contribution in [3.63, 3.8) is 0 Å². The summed E-state index contributed by atoms with van der Waals surface area (Å²) >= 11 is 0. The normalized spacial score (nSPS) is 9.93. The van der Waals surface area contributed by atoms with E-state index in [1.807, 2.05) is 0 Å². The van der Waals surface area contributed by atoms with Crippen LogP contribution < -0.4 is 5.73 Å². The van der Waals surface area contributed by atoms with Gasteiger partial charge in [0.15, 0.2) is 0 Å². The molecule has 0 bridgehead atoms. The lowest BCUT2D eigenvalue weighted by Crippen LogP contribution is -2.16. The van der Waals surface area contributed by atoms with Crippen LogP contribution in [-0.4, -0.2) is 19.2 Å². The molecule has 88 valence electrons. The second-order valence-electron chi connectivity index (χ2n) is 3.58. The maximum absolute atomic E-state index is 10.7. The van der Waals surface area contributed by atoms with Gasteiger partial charge in [-0.15, -0.1) is 0 Å². The summed E-state index contributed by atoms with van der Waals surface area (Å²) in [6, 6.07) is 0. The summed E-state index contributed by atoms with van der Waals surface area (Å²) in [7, 11) is -2.27. The summed E-state index contributed by atoms with van der Waals surface area (Å²) in [5.74, 6) is -0.581. The van der Waals surface area contributed by atoms with E-state index < -0.39 is 16.2 Å². The minimum Gasteiger partial charge on any atom is -0.369 e. The Morgan fingerprint density at radius 1 is 1.13 bits per heavy atom. The van der Waals surface area contributed by atoms with Crippen LogP contribution in [0.15, 0.2) is 0 Å². The molecule has 1 amide bonds. The van der Waals surface area contributed by atoms with Crippen molar-refractivity contribution in [2.45, 2.75) is 51.9 Å². The first-order valence-corrected chi connectivity index (χ1v) is 6.37. The molecule has 4 nitrogen and oxygen atoms in total. The molecule has 0 heterocycles. The highest BCUT2D eigenvalue weighted by molar-refractivity contribution is 7.73. The smallest absolute Gasteiger partial charge is 0.222 e. The second-order valence-corrected chi connectivity index (χ2v) is 4.63. The van der Waals surface area contributed by atoms with Gasteiger partial charge in [0, 0.05) is 0 Å². The molecule has 15 heavy (non-hydrogen) atoms. The van der Waals surface area contributed by atoms with Gasteiger partial charge in [0.1, 0.15) is 0 Å². The van der Waals surface area contributed by atoms with Crippen LogP contribution in [-0.2, 0) is 15.1 Å². The Balaban J connectivity index is 3.90. The molecule has 0 aromatic rings. The van der Waals surface area contributed by atoms with Gasteiger partial charge in [0.25, 0.3) is 0 Å². The van der Waals surface area contributed by atoms with Crippen LogP contribution >= 0.6 is 0 Å². The predicted molar refractivity (Wildman–Crippen MR) is 61.1 cm³/mol. The lowest BCUT2D eigenvalue weighted by molar-refractivity contribution is -0.116. The maximum atomic E-state index is 10.7. The summed E-state index contributed by atoms with van der Waals surface area (Å²) in [4.78, 5) is 10.8. The number of rotatable bonds is 8. The number of nitrogens with two attached hydrogens (primary N) is 1. The Morgan fingerprint density at radius 2 is 1.73 bits per heavy atom. The monoisotopic (exact) mass is 233 g/mol. The fraction of sp³-hybridized carbons (Fsp3) is 0.800.